The molecule has 0 spiro atoms. The zero-order valence-corrected chi connectivity index (χ0v) is 19.3. The Morgan fingerprint density at radius 3 is 2.29 bits per heavy atom. The van der Waals surface area contributed by atoms with Crippen molar-refractivity contribution in [2.75, 3.05) is 31.6 Å². The molecule has 0 aromatic heterocycles. The van der Waals surface area contributed by atoms with Gasteiger partial charge in [-0.3, -0.25) is 0 Å². The fourth-order valence-electron chi connectivity index (χ4n) is 3.91. The highest BCUT2D eigenvalue weighted by Gasteiger charge is 2.32. The molecule has 0 N–H and O–H groups in total. The number of hydrogen-bond donors (Lipinski definition) is 0. The van der Waals surface area contributed by atoms with Crippen molar-refractivity contribution in [3.8, 4) is 0 Å². The van der Waals surface area contributed by atoms with Crippen LogP contribution in [0.5, 0.6) is 0 Å². The summed E-state index contributed by atoms with van der Waals surface area (Å²) in [6.07, 6.45) is 0. The largest absolute Gasteiger partial charge is 0.397 e. The molecule has 0 saturated carbocycles. The van der Waals surface area contributed by atoms with Crippen molar-refractivity contribution in [1.29, 1.82) is 0 Å². The smallest absolute Gasteiger partial charge is 0.175 e. The predicted molar refractivity (Wildman–Crippen MR) is 130 cm³/mol. The standard InChI is InChI=1S/C24H22Cl3N3O/c1-31-28-24(18-5-3-2-4-6-18)29-13-14-30(22-12-11-20(26)15-21(22)27)23(16-29)17-7-9-19(25)10-8-17/h2-12,15,23H,13-14,16H2,1H3. The van der Waals surface area contributed by atoms with E-state index in [1.807, 2.05) is 54.6 Å². The van der Waals surface area contributed by atoms with Gasteiger partial charge < -0.3 is 14.6 Å². The van der Waals surface area contributed by atoms with E-state index in [1.54, 1.807) is 13.2 Å². The number of anilines is 1. The highest BCUT2D eigenvalue weighted by Crippen LogP contribution is 2.37. The van der Waals surface area contributed by atoms with Crippen LogP contribution < -0.4 is 4.90 Å². The third kappa shape index (κ3) is 4.93. The van der Waals surface area contributed by atoms with Crippen molar-refractivity contribution in [2.24, 2.45) is 5.16 Å². The van der Waals surface area contributed by atoms with Gasteiger partial charge in [0.05, 0.1) is 16.8 Å². The third-order valence-electron chi connectivity index (χ3n) is 5.36. The normalized spacial score (nSPS) is 17.0. The molecule has 3 aromatic carbocycles. The average molecular weight is 475 g/mol. The maximum Gasteiger partial charge on any atom is 0.175 e. The minimum absolute atomic E-state index is 0.0375. The molecule has 1 heterocycles. The molecule has 1 aliphatic heterocycles. The summed E-state index contributed by atoms with van der Waals surface area (Å²) in [6, 6.07) is 23.7. The molecule has 0 radical (unpaired) electrons. The Labute approximate surface area is 197 Å². The molecular weight excluding hydrogens is 453 g/mol. The number of amidine groups is 1. The summed E-state index contributed by atoms with van der Waals surface area (Å²) in [5.74, 6) is 0.809. The van der Waals surface area contributed by atoms with Crippen LogP contribution >= 0.6 is 34.8 Å². The van der Waals surface area contributed by atoms with Crippen molar-refractivity contribution in [3.63, 3.8) is 0 Å². The molecule has 1 unspecified atom stereocenters. The first kappa shape index (κ1) is 21.8. The predicted octanol–water partition coefficient (Wildman–Crippen LogP) is 6.52. The second-order valence-corrected chi connectivity index (χ2v) is 8.55. The summed E-state index contributed by atoms with van der Waals surface area (Å²) in [5, 5.41) is 6.31. The molecule has 1 atom stereocenters. The number of nitrogens with zero attached hydrogens (tertiary/aromatic N) is 3. The van der Waals surface area contributed by atoms with Crippen molar-refractivity contribution in [1.82, 2.24) is 4.90 Å². The molecule has 0 bridgehead atoms. The zero-order valence-electron chi connectivity index (χ0n) is 17.0. The van der Waals surface area contributed by atoms with Gasteiger partial charge in [0, 0.05) is 35.2 Å². The van der Waals surface area contributed by atoms with Gasteiger partial charge in [0.25, 0.3) is 0 Å². The second-order valence-electron chi connectivity index (χ2n) is 7.27. The van der Waals surface area contributed by atoms with E-state index in [9.17, 15) is 0 Å². The van der Waals surface area contributed by atoms with Gasteiger partial charge in [0.1, 0.15) is 7.11 Å². The lowest BCUT2D eigenvalue weighted by molar-refractivity contribution is 0.202. The maximum atomic E-state index is 6.58. The lowest BCUT2D eigenvalue weighted by Gasteiger charge is -2.44. The quantitative estimate of drug-likeness (QED) is 0.245. The van der Waals surface area contributed by atoms with Gasteiger partial charge >= 0.3 is 0 Å². The molecule has 7 heteroatoms. The summed E-state index contributed by atoms with van der Waals surface area (Å²) >= 11 is 18.9. The summed E-state index contributed by atoms with van der Waals surface area (Å²) in [5.41, 5.74) is 3.11. The molecule has 160 valence electrons. The van der Waals surface area contributed by atoms with Crippen molar-refractivity contribution < 1.29 is 4.84 Å². The number of benzene rings is 3. The molecule has 31 heavy (non-hydrogen) atoms. The Morgan fingerprint density at radius 1 is 0.903 bits per heavy atom. The van der Waals surface area contributed by atoms with E-state index in [-0.39, 0.29) is 6.04 Å². The van der Waals surface area contributed by atoms with Crippen LogP contribution in [-0.2, 0) is 4.84 Å². The van der Waals surface area contributed by atoms with Crippen LogP contribution in [0.15, 0.2) is 78.0 Å². The molecule has 3 aromatic rings. The van der Waals surface area contributed by atoms with Gasteiger partial charge in [-0.2, -0.15) is 0 Å². The Bertz CT molecular complexity index is 1060. The molecule has 0 aliphatic carbocycles. The first-order valence-corrected chi connectivity index (χ1v) is 11.1. The van der Waals surface area contributed by atoms with E-state index in [0.29, 0.717) is 21.6 Å². The van der Waals surface area contributed by atoms with Gasteiger partial charge in [-0.25, -0.2) is 0 Å². The van der Waals surface area contributed by atoms with Gasteiger partial charge in [-0.15, -0.1) is 0 Å². The van der Waals surface area contributed by atoms with E-state index in [1.165, 1.54) is 0 Å². The fraction of sp³-hybridized carbons (Fsp3) is 0.208. The molecular formula is C24H22Cl3N3O. The number of hydrogen-bond acceptors (Lipinski definition) is 3. The number of halogens is 3. The summed E-state index contributed by atoms with van der Waals surface area (Å²) in [7, 11) is 1.57. The van der Waals surface area contributed by atoms with Crippen LogP contribution in [0.1, 0.15) is 17.2 Å². The summed E-state index contributed by atoms with van der Waals surface area (Å²) in [6.45, 7) is 2.22. The van der Waals surface area contributed by atoms with Crippen LogP contribution in [0.3, 0.4) is 0 Å². The summed E-state index contributed by atoms with van der Waals surface area (Å²) < 4.78 is 0. The van der Waals surface area contributed by atoms with E-state index in [2.05, 4.69) is 27.1 Å². The van der Waals surface area contributed by atoms with Crippen molar-refractivity contribution >= 4 is 46.3 Å². The molecule has 4 rings (SSSR count). The first-order chi connectivity index (χ1) is 15.1. The molecule has 1 aliphatic rings. The van der Waals surface area contributed by atoms with Crippen LogP contribution in [0, 0.1) is 0 Å². The monoisotopic (exact) mass is 473 g/mol. The second kappa shape index (κ2) is 9.82. The lowest BCUT2D eigenvalue weighted by atomic mass is 10.0. The van der Waals surface area contributed by atoms with E-state index in [0.717, 1.165) is 35.7 Å². The zero-order chi connectivity index (χ0) is 21.8. The number of oxime groups is 1. The van der Waals surface area contributed by atoms with E-state index < -0.39 is 0 Å². The highest BCUT2D eigenvalue weighted by atomic mass is 35.5. The highest BCUT2D eigenvalue weighted by molar-refractivity contribution is 6.36. The first-order valence-electron chi connectivity index (χ1n) is 9.95. The Balaban J connectivity index is 1.71. The number of rotatable bonds is 4. The SMILES string of the molecule is CON=C(c1ccccc1)N1CCN(c2ccc(Cl)cc2Cl)C(c2ccc(Cl)cc2)C1. The van der Waals surface area contributed by atoms with Crippen LogP contribution in [0.2, 0.25) is 15.1 Å². The Kier molecular flexibility index (Phi) is 6.91. The van der Waals surface area contributed by atoms with Gasteiger partial charge in [0.15, 0.2) is 5.84 Å². The minimum atomic E-state index is 0.0375. The van der Waals surface area contributed by atoms with Gasteiger partial charge in [-0.05, 0) is 35.9 Å². The minimum Gasteiger partial charge on any atom is -0.397 e. The number of piperazine rings is 1. The maximum absolute atomic E-state index is 6.58. The van der Waals surface area contributed by atoms with Gasteiger partial charge in [-0.1, -0.05) is 82.4 Å². The topological polar surface area (TPSA) is 28.1 Å². The lowest BCUT2D eigenvalue weighted by Crippen LogP contribution is -2.51. The van der Waals surface area contributed by atoms with Crippen LogP contribution in [0.4, 0.5) is 5.69 Å². The molecule has 1 fully saturated rings. The fourth-order valence-corrected chi connectivity index (χ4v) is 4.56. The van der Waals surface area contributed by atoms with E-state index in [4.69, 9.17) is 39.6 Å². The Morgan fingerprint density at radius 2 is 1.61 bits per heavy atom. The van der Waals surface area contributed by atoms with Crippen molar-refractivity contribution in [2.45, 2.75) is 6.04 Å². The summed E-state index contributed by atoms with van der Waals surface area (Å²) in [4.78, 5) is 9.75. The van der Waals surface area contributed by atoms with Crippen molar-refractivity contribution in [3.05, 3.63) is 99.0 Å². The Hall–Kier alpha value is -2.40. The van der Waals surface area contributed by atoms with Crippen LogP contribution in [-0.4, -0.2) is 37.5 Å². The molecule has 4 nitrogen and oxygen atoms in total. The average Bonchev–Trinajstić information content (AvgIpc) is 2.78. The molecule has 0 amide bonds. The molecule has 1 saturated heterocycles. The van der Waals surface area contributed by atoms with Crippen LogP contribution in [0.25, 0.3) is 0 Å². The van der Waals surface area contributed by atoms with E-state index >= 15 is 0 Å². The third-order valence-corrected chi connectivity index (χ3v) is 6.15. The van der Waals surface area contributed by atoms with Gasteiger partial charge in [0.2, 0.25) is 0 Å².